The monoisotopic (exact) mass is 216 g/mol. The quantitative estimate of drug-likeness (QED) is 0.548. The van der Waals surface area contributed by atoms with Crippen LogP contribution in [0.2, 0.25) is 13.1 Å². The van der Waals surface area contributed by atoms with Crippen LogP contribution in [0.15, 0.2) is 41.6 Å². The first-order valence-electron chi connectivity index (χ1n) is 5.40. The number of Topliss-reactive ketones (excluding diaryl/α,β-unsaturated/α-hetero) is 1. The smallest absolute Gasteiger partial charge is 0.158 e. The van der Waals surface area contributed by atoms with Crippen LogP contribution in [0.3, 0.4) is 0 Å². The van der Waals surface area contributed by atoms with Gasteiger partial charge in [-0.1, -0.05) is 54.3 Å². The highest BCUT2D eigenvalue weighted by Gasteiger charge is 2.27. The van der Waals surface area contributed by atoms with Crippen molar-refractivity contribution in [2.75, 3.05) is 0 Å². The molecule has 1 aromatic carbocycles. The molecular weight excluding hydrogens is 200 g/mol. The van der Waals surface area contributed by atoms with Crippen molar-refractivity contribution in [3.63, 3.8) is 0 Å². The summed E-state index contributed by atoms with van der Waals surface area (Å²) >= 11 is 0. The highest BCUT2D eigenvalue weighted by molar-refractivity contribution is 6.94. The van der Waals surface area contributed by atoms with E-state index in [-0.39, 0.29) is 0 Å². The van der Waals surface area contributed by atoms with Crippen molar-refractivity contribution < 1.29 is 4.79 Å². The van der Waals surface area contributed by atoms with E-state index in [0.717, 1.165) is 18.4 Å². The summed E-state index contributed by atoms with van der Waals surface area (Å²) in [7, 11) is -1.54. The Hall–Kier alpha value is -1.15. The van der Waals surface area contributed by atoms with Gasteiger partial charge >= 0.3 is 0 Å². The molecule has 0 aromatic heterocycles. The third kappa shape index (κ3) is 2.10. The highest BCUT2D eigenvalue weighted by Crippen LogP contribution is 2.23. The minimum absolute atomic E-state index is 0.353. The van der Waals surface area contributed by atoms with E-state index in [9.17, 15) is 4.79 Å². The second-order valence-electron chi connectivity index (χ2n) is 4.68. The highest BCUT2D eigenvalue weighted by atomic mass is 28.3. The summed E-state index contributed by atoms with van der Waals surface area (Å²) in [6.07, 6.45) is 1.74. The minimum atomic E-state index is -1.54. The molecule has 0 aliphatic heterocycles. The van der Waals surface area contributed by atoms with E-state index in [1.165, 1.54) is 5.19 Å². The summed E-state index contributed by atoms with van der Waals surface area (Å²) in [6, 6.07) is 10.5. The summed E-state index contributed by atoms with van der Waals surface area (Å²) in [4.78, 5) is 11.3. The van der Waals surface area contributed by atoms with Gasteiger partial charge in [-0.3, -0.25) is 4.79 Å². The molecule has 2 rings (SSSR count). The number of rotatable bonds is 2. The van der Waals surface area contributed by atoms with Gasteiger partial charge in [-0.2, -0.15) is 0 Å². The summed E-state index contributed by atoms with van der Waals surface area (Å²) in [5.41, 5.74) is 3.32. The molecule has 78 valence electrons. The fourth-order valence-corrected chi connectivity index (χ4v) is 4.31. The summed E-state index contributed by atoms with van der Waals surface area (Å²) in [6.45, 7) is 4.59. The molecule has 0 bridgehead atoms. The number of ketones is 1. The minimum Gasteiger partial charge on any atom is -0.295 e. The number of benzene rings is 1. The lowest BCUT2D eigenvalue weighted by Crippen LogP contribution is -2.40. The van der Waals surface area contributed by atoms with Gasteiger partial charge < -0.3 is 0 Å². The number of allylic oxidation sites excluding steroid dienone is 1. The molecule has 0 heterocycles. The number of hydrogen-bond acceptors (Lipinski definition) is 1. The Balaban J connectivity index is 2.27. The molecule has 1 aliphatic carbocycles. The first-order valence-corrected chi connectivity index (χ1v) is 8.48. The van der Waals surface area contributed by atoms with Gasteiger partial charge in [0, 0.05) is 6.42 Å². The molecular formula is C13H16OSi. The zero-order chi connectivity index (χ0) is 10.9. The summed E-state index contributed by atoms with van der Waals surface area (Å²) in [5.74, 6) is 0.353. The number of carbonyl (C=O) groups is 1. The van der Waals surface area contributed by atoms with E-state index in [0.29, 0.717) is 5.78 Å². The Morgan fingerprint density at radius 2 is 1.80 bits per heavy atom. The first-order chi connectivity index (χ1) is 7.09. The van der Waals surface area contributed by atoms with Gasteiger partial charge in [0.2, 0.25) is 0 Å². The van der Waals surface area contributed by atoms with Crippen LogP contribution >= 0.6 is 0 Å². The fraction of sp³-hybridized carbons (Fsp3) is 0.308. The van der Waals surface area contributed by atoms with Gasteiger partial charge in [0.05, 0.1) is 0 Å². The third-order valence-electron chi connectivity index (χ3n) is 3.03. The average Bonchev–Trinajstić information content (AvgIpc) is 2.25. The Morgan fingerprint density at radius 1 is 1.13 bits per heavy atom. The first kappa shape index (κ1) is 10.4. The van der Waals surface area contributed by atoms with Crippen molar-refractivity contribution in [2.24, 2.45) is 0 Å². The molecule has 2 heteroatoms. The molecule has 0 atom stereocenters. The topological polar surface area (TPSA) is 17.1 Å². The summed E-state index contributed by atoms with van der Waals surface area (Å²) in [5, 5.41) is 1.40. The molecule has 0 unspecified atom stereocenters. The number of carbonyl (C=O) groups excluding carboxylic acids is 1. The van der Waals surface area contributed by atoms with Gasteiger partial charge in [-0.15, -0.1) is 0 Å². The molecule has 0 spiro atoms. The van der Waals surface area contributed by atoms with Gasteiger partial charge in [0.15, 0.2) is 5.78 Å². The maximum Gasteiger partial charge on any atom is 0.158 e. The van der Waals surface area contributed by atoms with Gasteiger partial charge in [0.1, 0.15) is 8.07 Å². The Bertz CT molecular complexity index is 404. The molecule has 0 amide bonds. The molecule has 1 saturated carbocycles. The van der Waals surface area contributed by atoms with Crippen LogP contribution in [0.1, 0.15) is 12.8 Å². The molecule has 0 saturated heterocycles. The second-order valence-corrected chi connectivity index (χ2v) is 8.99. The molecule has 1 nitrogen and oxygen atoms in total. The summed E-state index contributed by atoms with van der Waals surface area (Å²) < 4.78 is 0. The van der Waals surface area contributed by atoms with E-state index in [2.05, 4.69) is 43.1 Å². The standard InChI is InChI=1S/C13H16OSi/c1-15(2,10-11-8-9-13(11)14)12-6-4-3-5-7-12/h3-7,10H,8-9H2,1-2H3/b11-10+. The SMILES string of the molecule is C[Si](C)(/C=C1\CCC1=O)c1ccccc1. The molecule has 1 fully saturated rings. The Labute approximate surface area is 91.8 Å². The van der Waals surface area contributed by atoms with Crippen LogP contribution in [0.25, 0.3) is 0 Å². The van der Waals surface area contributed by atoms with Crippen LogP contribution in [-0.2, 0) is 4.79 Å². The van der Waals surface area contributed by atoms with E-state index < -0.39 is 8.07 Å². The molecule has 1 aliphatic rings. The van der Waals surface area contributed by atoms with Crippen LogP contribution < -0.4 is 5.19 Å². The second kappa shape index (κ2) is 3.78. The Morgan fingerprint density at radius 3 is 2.27 bits per heavy atom. The van der Waals surface area contributed by atoms with Crippen molar-refractivity contribution in [3.8, 4) is 0 Å². The average molecular weight is 216 g/mol. The molecule has 0 N–H and O–H groups in total. The predicted molar refractivity (Wildman–Crippen MR) is 65.9 cm³/mol. The Kier molecular flexibility index (Phi) is 2.61. The third-order valence-corrected chi connectivity index (χ3v) is 5.92. The van der Waals surface area contributed by atoms with Crippen LogP contribution in [0.4, 0.5) is 0 Å². The van der Waals surface area contributed by atoms with Gasteiger partial charge in [-0.05, 0) is 12.0 Å². The largest absolute Gasteiger partial charge is 0.295 e. The molecule has 1 aromatic rings. The van der Waals surface area contributed by atoms with Crippen molar-refractivity contribution in [1.82, 2.24) is 0 Å². The maximum atomic E-state index is 11.3. The molecule has 0 radical (unpaired) electrons. The lowest BCUT2D eigenvalue weighted by atomic mass is 9.93. The van der Waals surface area contributed by atoms with Crippen LogP contribution in [0.5, 0.6) is 0 Å². The van der Waals surface area contributed by atoms with Crippen LogP contribution in [0, 0.1) is 0 Å². The van der Waals surface area contributed by atoms with Crippen molar-refractivity contribution >= 4 is 19.0 Å². The maximum absolute atomic E-state index is 11.3. The van der Waals surface area contributed by atoms with Gasteiger partial charge in [0.25, 0.3) is 0 Å². The molecule has 15 heavy (non-hydrogen) atoms. The van der Waals surface area contributed by atoms with E-state index in [1.807, 2.05) is 6.07 Å². The van der Waals surface area contributed by atoms with E-state index >= 15 is 0 Å². The van der Waals surface area contributed by atoms with Crippen molar-refractivity contribution in [1.29, 1.82) is 0 Å². The zero-order valence-corrected chi connectivity index (χ0v) is 10.3. The van der Waals surface area contributed by atoms with Crippen LogP contribution in [-0.4, -0.2) is 13.9 Å². The zero-order valence-electron chi connectivity index (χ0n) is 9.29. The number of hydrogen-bond donors (Lipinski definition) is 0. The lowest BCUT2D eigenvalue weighted by Gasteiger charge is -2.23. The lowest BCUT2D eigenvalue weighted by molar-refractivity contribution is -0.118. The van der Waals surface area contributed by atoms with E-state index in [4.69, 9.17) is 0 Å². The normalized spacial score (nSPS) is 19.1. The predicted octanol–water partition coefficient (Wildman–Crippen LogP) is 2.43. The van der Waals surface area contributed by atoms with Crippen molar-refractivity contribution in [2.45, 2.75) is 25.9 Å². The van der Waals surface area contributed by atoms with Crippen molar-refractivity contribution in [3.05, 3.63) is 41.6 Å². The van der Waals surface area contributed by atoms with Gasteiger partial charge in [-0.25, -0.2) is 0 Å². The fourth-order valence-electron chi connectivity index (χ4n) is 1.91. The van der Waals surface area contributed by atoms with E-state index in [1.54, 1.807) is 0 Å².